The predicted molar refractivity (Wildman–Crippen MR) is 418 cm³/mol. The molecule has 0 amide bonds. The Morgan fingerprint density at radius 2 is 1.04 bits per heavy atom. The molecule has 18 aromatic rings. The van der Waals surface area contributed by atoms with Crippen molar-refractivity contribution in [1.29, 1.82) is 0 Å². The zero-order valence-corrected chi connectivity index (χ0v) is 55.2. The third-order valence-corrected chi connectivity index (χ3v) is 23.0. The Morgan fingerprint density at radius 3 is 1.80 bits per heavy atom. The van der Waals surface area contributed by atoms with Crippen LogP contribution < -0.4 is 30.1 Å². The molecule has 5 heterocycles. The van der Waals surface area contributed by atoms with Crippen LogP contribution in [0, 0.1) is 6.33 Å². The minimum Gasteiger partial charge on any atom is -0.458 e. The Morgan fingerprint density at radius 1 is 0.426 bits per heavy atom. The molecule has 0 fully saturated rings. The van der Waals surface area contributed by atoms with E-state index in [0.29, 0.717) is 84.3 Å². The highest BCUT2D eigenvalue weighted by Gasteiger charge is 2.42. The van der Waals surface area contributed by atoms with Crippen LogP contribution >= 0.6 is 0 Å². The first-order valence-electron chi connectivity index (χ1n) is 44.7. The zero-order valence-electron chi connectivity index (χ0n) is 78.2. The normalized spacial score (nSPS) is 15.4. The molecule has 0 saturated carbocycles. The molecule has 4 aromatic heterocycles. The Balaban J connectivity index is 0.972. The van der Waals surface area contributed by atoms with E-state index in [2.05, 4.69) is 43.8 Å². The fourth-order valence-corrected chi connectivity index (χ4v) is 18.1. The van der Waals surface area contributed by atoms with Crippen molar-refractivity contribution < 1.29 is 46.6 Å². The van der Waals surface area contributed by atoms with Crippen LogP contribution in [-0.4, -0.2) is 22.2 Å². The first kappa shape index (κ1) is 39.6. The van der Waals surface area contributed by atoms with Crippen molar-refractivity contribution in [1.82, 2.24) is 14.1 Å². The van der Waals surface area contributed by atoms with Crippen LogP contribution in [0.3, 0.4) is 0 Å². The summed E-state index contributed by atoms with van der Waals surface area (Å²) in [4.78, 5) is 4.91. The number of imidazole rings is 1. The molecular formula is C94H66N4O2Si. The number of pyridine rings is 1. The molecule has 0 bridgehead atoms. The third-order valence-electron chi connectivity index (χ3n) is 19.0. The number of aromatic nitrogens is 4. The minimum atomic E-state index is -6.42. The summed E-state index contributed by atoms with van der Waals surface area (Å²) in [5, 5.41) is -0.553. The summed E-state index contributed by atoms with van der Waals surface area (Å²) in [6.07, 6.45) is 5.59. The van der Waals surface area contributed by atoms with Crippen molar-refractivity contribution in [2.75, 3.05) is 0 Å². The van der Waals surface area contributed by atoms with Gasteiger partial charge >= 0.3 is 0 Å². The average molecular weight is 1340 g/mol. The van der Waals surface area contributed by atoms with Crippen LogP contribution in [0.1, 0.15) is 59.2 Å². The van der Waals surface area contributed by atoms with Crippen LogP contribution in [0.2, 0.25) is 0 Å². The van der Waals surface area contributed by atoms with Crippen molar-refractivity contribution in [2.24, 2.45) is 0 Å². The van der Waals surface area contributed by atoms with Crippen LogP contribution in [0.5, 0.6) is 11.5 Å². The van der Waals surface area contributed by atoms with Gasteiger partial charge in [-0.2, -0.15) is 0 Å². The molecule has 19 rings (SSSR count). The van der Waals surface area contributed by atoms with Crippen LogP contribution in [0.4, 0.5) is 0 Å². The maximum atomic E-state index is 11.2. The van der Waals surface area contributed by atoms with E-state index in [-0.39, 0.29) is 33.2 Å². The number of rotatable bonds is 11. The van der Waals surface area contributed by atoms with E-state index in [9.17, 15) is 24.7 Å². The number of nitrogens with zero attached hydrogens (tertiary/aromatic N) is 4. The Bertz CT molecular complexity index is 7560. The highest BCUT2D eigenvalue weighted by molar-refractivity contribution is 7.20. The summed E-state index contributed by atoms with van der Waals surface area (Å²) in [5.74, 6) is 1.42. The first-order chi connectivity index (χ1) is 59.7. The van der Waals surface area contributed by atoms with E-state index in [1.165, 1.54) is 0 Å². The van der Waals surface area contributed by atoms with Crippen molar-refractivity contribution in [2.45, 2.75) is 26.2 Å². The van der Waals surface area contributed by atoms with Gasteiger partial charge in [-0.3, -0.25) is 13.7 Å². The van der Waals surface area contributed by atoms with Gasteiger partial charge in [-0.15, -0.1) is 0 Å². The number of hydrogen-bond acceptors (Lipinski definition) is 3. The van der Waals surface area contributed by atoms with Gasteiger partial charge in [-0.05, 0) is 171 Å². The number of ether oxygens (including phenoxy) is 1. The lowest BCUT2D eigenvalue weighted by Gasteiger charge is -2.34. The largest absolute Gasteiger partial charge is 0.458 e. The number of fused-ring (bicyclic) bond motifs is 13. The molecule has 0 radical (unpaired) electrons. The fraction of sp³-hybridized carbons (Fsp3) is 0.0426. The molecule has 0 spiro atoms. The lowest BCUT2D eigenvalue weighted by molar-refractivity contribution is -0.570. The highest BCUT2D eigenvalue weighted by atomic mass is 28.3. The van der Waals surface area contributed by atoms with Crippen molar-refractivity contribution in [3.05, 3.63) is 357 Å². The quantitative estimate of drug-likeness (QED) is 0.0561. The summed E-state index contributed by atoms with van der Waals surface area (Å²) < 4.78 is 251. The van der Waals surface area contributed by atoms with Gasteiger partial charge in [0, 0.05) is 33.8 Å². The van der Waals surface area contributed by atoms with Gasteiger partial charge in [0.25, 0.3) is 6.33 Å². The molecule has 1 aliphatic rings. The lowest BCUT2D eigenvalue weighted by atomic mass is 9.83. The van der Waals surface area contributed by atoms with Gasteiger partial charge in [0.05, 0.1) is 66.3 Å². The average Bonchev–Trinajstić information content (AvgIpc) is 1.25. The number of para-hydroxylation sites is 3. The summed E-state index contributed by atoms with van der Waals surface area (Å²) in [6, 6.07) is 35.8. The standard InChI is InChI=1S/C94H66N4O2Si/c1-94(2,3)66-52-53-95-90(58-66)98-85-46-20-18-39-77(85)78-50-49-69(60-86(78)98)99-68-30-23-29-67(59-68)96-61-97-92-75(64-48-51-89-83(55-64)79-40-19-21-47-88(79)100-89)43-25-45-82(92)81-44-24-42-74(62-26-8-4-9-27-62)91(81)80-41-17-16-38-76(80)84-56-65(57-87(96)93(84)97)63-28-22-37-73(54-63)101(70-31-10-5-11-32-70,71-33-12-6-13-34-71)72-35-14-7-15-36-72/h4-60H,1-3H3/i4D,5D,6D,7D,8D,9D,10D,11D,12D,13D,14D,15D,22D,26D,27D,28D,31D,32D,33D,34D,35D,36D,37D,54D. The van der Waals surface area contributed by atoms with Gasteiger partial charge in [0.1, 0.15) is 28.5 Å². The molecule has 478 valence electrons. The van der Waals surface area contributed by atoms with Crippen molar-refractivity contribution in [3.8, 4) is 95.5 Å². The van der Waals surface area contributed by atoms with E-state index in [4.69, 9.17) is 22.4 Å². The maximum absolute atomic E-state index is 11.2. The summed E-state index contributed by atoms with van der Waals surface area (Å²) in [6.45, 7) is 6.41. The van der Waals surface area contributed by atoms with Crippen LogP contribution in [0.25, 0.3) is 139 Å². The molecule has 0 aliphatic carbocycles. The Hall–Kier alpha value is -12.7. The van der Waals surface area contributed by atoms with Crippen LogP contribution in [0.15, 0.2) is 350 Å². The summed E-state index contributed by atoms with van der Waals surface area (Å²) in [5.41, 5.74) is 7.95. The van der Waals surface area contributed by atoms with Gasteiger partial charge in [0.2, 0.25) is 0 Å². The zero-order chi connectivity index (χ0) is 88.2. The Kier molecular flexibility index (Phi) is 9.34. The second-order valence-corrected chi connectivity index (χ2v) is 29.2. The third kappa shape index (κ3) is 9.83. The second kappa shape index (κ2) is 23.8. The molecule has 7 heteroatoms. The maximum Gasteiger partial charge on any atom is 0.269 e. The molecule has 101 heavy (non-hydrogen) atoms. The van der Waals surface area contributed by atoms with E-state index in [0.717, 1.165) is 38.1 Å². The second-order valence-electron chi connectivity index (χ2n) is 25.7. The van der Waals surface area contributed by atoms with E-state index in [1.54, 1.807) is 83.6 Å². The topological polar surface area (TPSA) is 49.0 Å². The molecule has 0 saturated heterocycles. The van der Waals surface area contributed by atoms with Crippen molar-refractivity contribution in [3.63, 3.8) is 0 Å². The Labute approximate surface area is 620 Å². The molecule has 0 N–H and O–H groups in total. The van der Waals surface area contributed by atoms with E-state index < -0.39 is 179 Å². The van der Waals surface area contributed by atoms with Gasteiger partial charge in [-0.25, -0.2) is 4.98 Å². The van der Waals surface area contributed by atoms with E-state index in [1.807, 2.05) is 114 Å². The smallest absolute Gasteiger partial charge is 0.269 e. The monoisotopic (exact) mass is 1330 g/mol. The molecule has 6 nitrogen and oxygen atoms in total. The fourth-order valence-electron chi connectivity index (χ4n) is 14.5. The molecule has 1 aliphatic heterocycles. The summed E-state index contributed by atoms with van der Waals surface area (Å²) >= 11 is 0. The van der Waals surface area contributed by atoms with Gasteiger partial charge < -0.3 is 9.15 Å². The SMILES string of the molecule is [2H]c1c([2H])c([2H])c(-c2cccc3c2-c2ccccc2-c2cc(-c4c([2H])c([2H])c([2H])c([Si](c5c([2H])c([2H])c([2H])c([2H])c5[2H])(c5c([2H])c([2H])c([2H])c([2H])c5[2H])c5c([2H])c([2H])c([2H])c([2H])c5[2H])c4[2H])cc4c2[n+]([c-]n4-c2cccc(Oc4ccc5c6ccccc6n(-c6cc(C(C)(C)C)ccn6)c5c4)c2)-c2c(-c4ccc5oc6ccccc6c5c4)cccc2-3)c([2H])c1[2H]. The van der Waals surface area contributed by atoms with Gasteiger partial charge in [-0.1, -0.05) is 281 Å². The van der Waals surface area contributed by atoms with Gasteiger partial charge in [0.15, 0.2) is 8.07 Å². The molecular weight excluding hydrogens is 1250 g/mol. The molecule has 0 unspecified atom stereocenters. The minimum absolute atomic E-state index is 0.152. The van der Waals surface area contributed by atoms with Crippen molar-refractivity contribution >= 4 is 83.6 Å². The predicted octanol–water partition coefficient (Wildman–Crippen LogP) is 20.9. The van der Waals surface area contributed by atoms with E-state index >= 15 is 0 Å². The summed E-state index contributed by atoms with van der Waals surface area (Å²) in [7, 11) is -6.42. The molecule has 0 atom stereocenters. The lowest BCUT2D eigenvalue weighted by Crippen LogP contribution is -2.74. The first-order valence-corrected chi connectivity index (χ1v) is 34.7. The number of hydrogen-bond donors (Lipinski definition) is 0. The highest BCUT2D eigenvalue weighted by Crippen LogP contribution is 2.50. The molecule has 14 aromatic carbocycles. The van der Waals surface area contributed by atoms with Crippen LogP contribution in [-0.2, 0) is 5.41 Å². The number of benzene rings is 14. The number of furan rings is 1.